The summed E-state index contributed by atoms with van der Waals surface area (Å²) < 4.78 is 0. The van der Waals surface area contributed by atoms with Crippen LogP contribution in [0.3, 0.4) is 0 Å². The van der Waals surface area contributed by atoms with Gasteiger partial charge in [-0.3, -0.25) is 0 Å². The van der Waals surface area contributed by atoms with E-state index in [-0.39, 0.29) is 0 Å². The summed E-state index contributed by atoms with van der Waals surface area (Å²) in [6.45, 7) is 2.24. The number of rotatable bonds is 0. The summed E-state index contributed by atoms with van der Waals surface area (Å²) in [7, 11) is 0. The van der Waals surface area contributed by atoms with E-state index in [0.29, 0.717) is 0 Å². The Balaban J connectivity index is 2.18. The topological polar surface area (TPSA) is 0 Å². The molecule has 0 fully saturated rings. The fourth-order valence-electron chi connectivity index (χ4n) is 2.99. The second-order valence-corrected chi connectivity index (χ2v) is 4.99. The Hall–Kier alpha value is -1.30. The van der Waals surface area contributed by atoms with Crippen LogP contribution in [0.1, 0.15) is 42.4 Å². The molecule has 2 aliphatic rings. The van der Waals surface area contributed by atoms with Crippen LogP contribution in [0, 0.1) is 6.92 Å². The Bertz CT molecular complexity index is 475. The standard InChI is InChI=1S/C16H18/c1-12-6-5-9-15-11-13-7-3-2-4-8-14(10-13)16(12)15/h5-9H,2-4,10-11H2,1H3/b13-7+,14-8+. The highest BCUT2D eigenvalue weighted by Crippen LogP contribution is 2.37. The van der Waals surface area contributed by atoms with Crippen LogP contribution in [-0.4, -0.2) is 0 Å². The van der Waals surface area contributed by atoms with Crippen molar-refractivity contribution in [1.82, 2.24) is 0 Å². The van der Waals surface area contributed by atoms with Crippen molar-refractivity contribution >= 4 is 5.57 Å². The van der Waals surface area contributed by atoms with Crippen LogP contribution < -0.4 is 0 Å². The third-order valence-corrected chi connectivity index (χ3v) is 3.75. The lowest BCUT2D eigenvalue weighted by Crippen LogP contribution is -2.07. The predicted molar refractivity (Wildman–Crippen MR) is 69.4 cm³/mol. The van der Waals surface area contributed by atoms with Crippen LogP contribution in [-0.2, 0) is 6.42 Å². The summed E-state index contributed by atoms with van der Waals surface area (Å²) in [5.41, 5.74) is 7.73. The molecule has 0 saturated carbocycles. The molecule has 0 spiro atoms. The minimum atomic E-state index is 1.17. The molecule has 0 aliphatic heterocycles. The zero-order valence-corrected chi connectivity index (χ0v) is 9.92. The van der Waals surface area contributed by atoms with Gasteiger partial charge in [0.05, 0.1) is 0 Å². The molecule has 0 amide bonds. The molecule has 1 aromatic carbocycles. The van der Waals surface area contributed by atoms with Gasteiger partial charge in [0, 0.05) is 0 Å². The first-order valence-electron chi connectivity index (χ1n) is 6.30. The molecule has 0 heterocycles. The lowest BCUT2D eigenvalue weighted by molar-refractivity contribution is 0.835. The lowest BCUT2D eigenvalue weighted by Gasteiger charge is -2.25. The zero-order valence-electron chi connectivity index (χ0n) is 9.92. The molecular formula is C16H18. The van der Waals surface area contributed by atoms with Crippen molar-refractivity contribution in [2.24, 2.45) is 0 Å². The van der Waals surface area contributed by atoms with Crippen molar-refractivity contribution in [1.29, 1.82) is 0 Å². The predicted octanol–water partition coefficient (Wildman–Crippen LogP) is 4.43. The van der Waals surface area contributed by atoms with Gasteiger partial charge in [0.15, 0.2) is 0 Å². The number of benzene rings is 1. The number of hydrogen-bond donors (Lipinski definition) is 0. The van der Waals surface area contributed by atoms with Crippen molar-refractivity contribution < 1.29 is 0 Å². The number of aryl methyl sites for hydroxylation is 1. The summed E-state index contributed by atoms with van der Waals surface area (Å²) >= 11 is 0. The van der Waals surface area contributed by atoms with E-state index in [1.165, 1.54) is 43.2 Å². The SMILES string of the molecule is Cc1cccc2c1/C1=C/CCC/C=C(\C1)C2. The van der Waals surface area contributed by atoms with Crippen molar-refractivity contribution in [2.45, 2.75) is 39.0 Å². The maximum absolute atomic E-state index is 2.47. The van der Waals surface area contributed by atoms with E-state index < -0.39 is 0 Å². The van der Waals surface area contributed by atoms with E-state index in [0.717, 1.165) is 0 Å². The smallest absolute Gasteiger partial charge is 0.00576 e. The minimum absolute atomic E-state index is 1.17. The molecule has 0 heteroatoms. The van der Waals surface area contributed by atoms with Crippen LogP contribution in [0.5, 0.6) is 0 Å². The Labute approximate surface area is 97.7 Å². The minimum Gasteiger partial charge on any atom is -0.0846 e. The molecule has 0 radical (unpaired) electrons. The second-order valence-electron chi connectivity index (χ2n) is 4.99. The highest BCUT2D eigenvalue weighted by Gasteiger charge is 2.19. The fourth-order valence-corrected chi connectivity index (χ4v) is 2.99. The van der Waals surface area contributed by atoms with E-state index in [2.05, 4.69) is 37.3 Å². The van der Waals surface area contributed by atoms with Gasteiger partial charge in [0.1, 0.15) is 0 Å². The molecule has 16 heavy (non-hydrogen) atoms. The molecular weight excluding hydrogens is 192 g/mol. The molecule has 1 aromatic rings. The quantitative estimate of drug-likeness (QED) is 0.555. The van der Waals surface area contributed by atoms with Crippen LogP contribution in [0.4, 0.5) is 0 Å². The van der Waals surface area contributed by atoms with Crippen molar-refractivity contribution in [3.63, 3.8) is 0 Å². The third kappa shape index (κ3) is 1.63. The van der Waals surface area contributed by atoms with Gasteiger partial charge in [-0.15, -0.1) is 0 Å². The Morgan fingerprint density at radius 3 is 2.81 bits per heavy atom. The zero-order chi connectivity index (χ0) is 11.0. The van der Waals surface area contributed by atoms with E-state index in [9.17, 15) is 0 Å². The van der Waals surface area contributed by atoms with Crippen LogP contribution in [0.15, 0.2) is 35.9 Å². The second kappa shape index (κ2) is 3.93. The van der Waals surface area contributed by atoms with E-state index >= 15 is 0 Å². The Morgan fingerprint density at radius 1 is 1.00 bits per heavy atom. The summed E-state index contributed by atoms with van der Waals surface area (Å²) in [5, 5.41) is 0. The van der Waals surface area contributed by atoms with Crippen molar-refractivity contribution in [3.8, 4) is 0 Å². The summed E-state index contributed by atoms with van der Waals surface area (Å²) in [6, 6.07) is 6.73. The van der Waals surface area contributed by atoms with Gasteiger partial charge in [-0.2, -0.15) is 0 Å². The average Bonchev–Trinajstić information content (AvgIpc) is 2.26. The third-order valence-electron chi connectivity index (χ3n) is 3.75. The molecule has 0 saturated heterocycles. The first-order valence-corrected chi connectivity index (χ1v) is 6.30. The Kier molecular flexibility index (Phi) is 2.43. The molecule has 2 bridgehead atoms. The van der Waals surface area contributed by atoms with Crippen molar-refractivity contribution in [2.75, 3.05) is 0 Å². The normalized spacial score (nSPS) is 25.6. The van der Waals surface area contributed by atoms with Crippen LogP contribution in [0.2, 0.25) is 0 Å². The van der Waals surface area contributed by atoms with Crippen molar-refractivity contribution in [3.05, 3.63) is 52.6 Å². The first-order chi connectivity index (χ1) is 7.84. The largest absolute Gasteiger partial charge is 0.0846 e. The van der Waals surface area contributed by atoms with Gasteiger partial charge in [-0.25, -0.2) is 0 Å². The monoisotopic (exact) mass is 210 g/mol. The van der Waals surface area contributed by atoms with E-state index in [1.807, 2.05) is 0 Å². The van der Waals surface area contributed by atoms with Gasteiger partial charge < -0.3 is 0 Å². The molecule has 82 valence electrons. The highest BCUT2D eigenvalue weighted by molar-refractivity contribution is 5.75. The van der Waals surface area contributed by atoms with Gasteiger partial charge in [0.2, 0.25) is 0 Å². The maximum Gasteiger partial charge on any atom is -0.00576 e. The van der Waals surface area contributed by atoms with Gasteiger partial charge in [0.25, 0.3) is 0 Å². The number of hydrogen-bond acceptors (Lipinski definition) is 0. The molecule has 0 atom stereocenters. The first kappa shape index (κ1) is 9.89. The molecule has 0 nitrogen and oxygen atoms in total. The fraction of sp³-hybridized carbons (Fsp3) is 0.375. The maximum atomic E-state index is 2.47. The van der Waals surface area contributed by atoms with Crippen LogP contribution >= 0.6 is 0 Å². The molecule has 0 aromatic heterocycles. The molecule has 2 aliphatic carbocycles. The molecule has 0 unspecified atom stereocenters. The van der Waals surface area contributed by atoms with Gasteiger partial charge >= 0.3 is 0 Å². The Morgan fingerprint density at radius 2 is 1.88 bits per heavy atom. The summed E-state index contributed by atoms with van der Waals surface area (Å²) in [4.78, 5) is 0. The average molecular weight is 210 g/mol. The molecule has 3 rings (SSSR count). The molecule has 0 N–H and O–H groups in total. The van der Waals surface area contributed by atoms with Gasteiger partial charge in [-0.05, 0) is 61.3 Å². The van der Waals surface area contributed by atoms with E-state index in [1.54, 1.807) is 16.7 Å². The lowest BCUT2D eigenvalue weighted by atomic mass is 9.80. The van der Waals surface area contributed by atoms with E-state index in [4.69, 9.17) is 0 Å². The summed E-state index contributed by atoms with van der Waals surface area (Å²) in [6.07, 6.45) is 11.1. The van der Waals surface area contributed by atoms with Gasteiger partial charge in [-0.1, -0.05) is 35.9 Å². The number of allylic oxidation sites excluding steroid dienone is 4. The number of fused-ring (bicyclic) bond motifs is 4. The summed E-state index contributed by atoms with van der Waals surface area (Å²) in [5.74, 6) is 0. The van der Waals surface area contributed by atoms with Crippen LogP contribution in [0.25, 0.3) is 5.57 Å². The highest BCUT2D eigenvalue weighted by atomic mass is 14.2.